The van der Waals surface area contributed by atoms with Crippen LogP contribution >= 0.6 is 34.5 Å². The third-order valence-electron chi connectivity index (χ3n) is 3.50. The third kappa shape index (κ3) is 4.99. The fraction of sp³-hybridized carbons (Fsp3) is 0.158. The first-order valence-corrected chi connectivity index (χ1v) is 9.23. The molecule has 0 aliphatic heterocycles. The van der Waals surface area contributed by atoms with E-state index in [1.54, 1.807) is 17.4 Å². The van der Waals surface area contributed by atoms with Gasteiger partial charge in [0, 0.05) is 18.0 Å². The maximum Gasteiger partial charge on any atom is 0.120 e. The van der Waals surface area contributed by atoms with Crippen molar-refractivity contribution in [1.29, 1.82) is 0 Å². The van der Waals surface area contributed by atoms with Crippen LogP contribution in [-0.4, -0.2) is 0 Å². The molecule has 0 unspecified atom stereocenters. The van der Waals surface area contributed by atoms with Gasteiger partial charge < -0.3 is 10.1 Å². The SMILES string of the molecule is Clc1ccc(COc2cccc(CNCc3cccs3)c2)cc1Cl. The zero-order valence-corrected chi connectivity index (χ0v) is 15.3. The van der Waals surface area contributed by atoms with Gasteiger partial charge in [-0.15, -0.1) is 11.3 Å². The Morgan fingerprint density at radius 3 is 2.58 bits per heavy atom. The van der Waals surface area contributed by atoms with E-state index in [0.29, 0.717) is 16.7 Å². The fourth-order valence-electron chi connectivity index (χ4n) is 2.28. The Morgan fingerprint density at radius 2 is 1.79 bits per heavy atom. The van der Waals surface area contributed by atoms with Crippen molar-refractivity contribution in [3.8, 4) is 5.75 Å². The van der Waals surface area contributed by atoms with Crippen LogP contribution in [0.3, 0.4) is 0 Å². The Labute approximate surface area is 156 Å². The van der Waals surface area contributed by atoms with Crippen molar-refractivity contribution in [2.75, 3.05) is 0 Å². The van der Waals surface area contributed by atoms with Gasteiger partial charge in [0.05, 0.1) is 10.0 Å². The Balaban J connectivity index is 1.53. The molecule has 0 aliphatic carbocycles. The minimum Gasteiger partial charge on any atom is -0.489 e. The van der Waals surface area contributed by atoms with Gasteiger partial charge in [0.15, 0.2) is 0 Å². The number of hydrogen-bond donors (Lipinski definition) is 1. The first kappa shape index (κ1) is 17.3. The molecule has 0 aliphatic rings. The van der Waals surface area contributed by atoms with Crippen LogP contribution in [0.2, 0.25) is 10.0 Å². The quantitative estimate of drug-likeness (QED) is 0.551. The highest BCUT2D eigenvalue weighted by atomic mass is 35.5. The van der Waals surface area contributed by atoms with Gasteiger partial charge in [-0.05, 0) is 46.8 Å². The summed E-state index contributed by atoms with van der Waals surface area (Å²) in [6.07, 6.45) is 0. The smallest absolute Gasteiger partial charge is 0.120 e. The van der Waals surface area contributed by atoms with E-state index in [1.165, 1.54) is 10.4 Å². The molecule has 24 heavy (non-hydrogen) atoms. The fourth-order valence-corrected chi connectivity index (χ4v) is 3.28. The molecule has 1 aromatic heterocycles. The number of thiophene rings is 1. The van der Waals surface area contributed by atoms with Crippen LogP contribution in [0, 0.1) is 0 Å². The van der Waals surface area contributed by atoms with E-state index in [0.717, 1.165) is 24.4 Å². The summed E-state index contributed by atoms with van der Waals surface area (Å²) in [5, 5.41) is 6.63. The number of benzene rings is 2. The molecule has 5 heteroatoms. The van der Waals surface area contributed by atoms with Crippen molar-refractivity contribution in [2.45, 2.75) is 19.7 Å². The van der Waals surface area contributed by atoms with Crippen molar-refractivity contribution in [2.24, 2.45) is 0 Å². The van der Waals surface area contributed by atoms with Crippen molar-refractivity contribution >= 4 is 34.5 Å². The summed E-state index contributed by atoms with van der Waals surface area (Å²) < 4.78 is 5.85. The second-order valence-corrected chi connectivity index (χ2v) is 7.21. The molecule has 2 nitrogen and oxygen atoms in total. The maximum atomic E-state index is 6.03. The molecule has 3 aromatic rings. The third-order valence-corrected chi connectivity index (χ3v) is 5.11. The summed E-state index contributed by atoms with van der Waals surface area (Å²) in [7, 11) is 0. The summed E-state index contributed by atoms with van der Waals surface area (Å²) >= 11 is 13.7. The Morgan fingerprint density at radius 1 is 0.875 bits per heavy atom. The molecule has 0 atom stereocenters. The lowest BCUT2D eigenvalue weighted by molar-refractivity contribution is 0.306. The highest BCUT2D eigenvalue weighted by Gasteiger charge is 2.02. The predicted octanol–water partition coefficient (Wildman–Crippen LogP) is 5.92. The minimum atomic E-state index is 0.461. The van der Waals surface area contributed by atoms with E-state index >= 15 is 0 Å². The monoisotopic (exact) mass is 377 g/mol. The van der Waals surface area contributed by atoms with Gasteiger partial charge >= 0.3 is 0 Å². The highest BCUT2D eigenvalue weighted by Crippen LogP contribution is 2.23. The van der Waals surface area contributed by atoms with Crippen LogP contribution in [0.1, 0.15) is 16.0 Å². The molecule has 1 N–H and O–H groups in total. The Bertz CT molecular complexity index is 790. The lowest BCUT2D eigenvalue weighted by Crippen LogP contribution is -2.11. The summed E-state index contributed by atoms with van der Waals surface area (Å²) in [6, 6.07) is 17.8. The van der Waals surface area contributed by atoms with Crippen LogP contribution in [0.5, 0.6) is 5.75 Å². The summed E-state index contributed by atoms with van der Waals surface area (Å²) in [5.74, 6) is 0.844. The number of halogens is 2. The van der Waals surface area contributed by atoms with E-state index in [-0.39, 0.29) is 0 Å². The lowest BCUT2D eigenvalue weighted by Gasteiger charge is -2.09. The van der Waals surface area contributed by atoms with Gasteiger partial charge in [0.2, 0.25) is 0 Å². The van der Waals surface area contributed by atoms with Gasteiger partial charge in [-0.25, -0.2) is 0 Å². The van der Waals surface area contributed by atoms with Crippen molar-refractivity contribution in [3.63, 3.8) is 0 Å². The molecule has 1 heterocycles. The Hall–Kier alpha value is -1.52. The van der Waals surface area contributed by atoms with Gasteiger partial charge in [-0.1, -0.05) is 47.5 Å². The van der Waals surface area contributed by atoms with Gasteiger partial charge in [-0.2, -0.15) is 0 Å². The summed E-state index contributed by atoms with van der Waals surface area (Å²) in [5.41, 5.74) is 2.18. The van der Waals surface area contributed by atoms with E-state index in [9.17, 15) is 0 Å². The molecule has 0 radical (unpaired) electrons. The number of hydrogen-bond acceptors (Lipinski definition) is 3. The molecule has 124 valence electrons. The molecule has 0 bridgehead atoms. The average Bonchev–Trinajstić information content (AvgIpc) is 3.10. The number of rotatable bonds is 7. The predicted molar refractivity (Wildman–Crippen MR) is 102 cm³/mol. The molecule has 0 saturated carbocycles. The minimum absolute atomic E-state index is 0.461. The van der Waals surface area contributed by atoms with Crippen molar-refractivity contribution < 1.29 is 4.74 Å². The number of nitrogens with one attached hydrogen (secondary N) is 1. The van der Waals surface area contributed by atoms with Crippen LogP contribution in [0.25, 0.3) is 0 Å². The van der Waals surface area contributed by atoms with Gasteiger partial charge in [0.1, 0.15) is 12.4 Å². The first-order valence-electron chi connectivity index (χ1n) is 7.59. The van der Waals surface area contributed by atoms with E-state index in [2.05, 4.69) is 35.0 Å². The van der Waals surface area contributed by atoms with Crippen LogP contribution in [-0.2, 0) is 19.7 Å². The second kappa shape index (κ2) is 8.54. The van der Waals surface area contributed by atoms with E-state index in [1.807, 2.05) is 24.3 Å². The largest absolute Gasteiger partial charge is 0.489 e. The molecule has 0 amide bonds. The second-order valence-electron chi connectivity index (χ2n) is 5.37. The lowest BCUT2D eigenvalue weighted by atomic mass is 10.2. The van der Waals surface area contributed by atoms with Gasteiger partial charge in [-0.3, -0.25) is 0 Å². The van der Waals surface area contributed by atoms with E-state index in [4.69, 9.17) is 27.9 Å². The molecule has 2 aromatic carbocycles. The molecular formula is C19H17Cl2NOS. The maximum absolute atomic E-state index is 6.03. The summed E-state index contributed by atoms with van der Waals surface area (Å²) in [4.78, 5) is 1.34. The van der Waals surface area contributed by atoms with Gasteiger partial charge in [0.25, 0.3) is 0 Å². The zero-order valence-electron chi connectivity index (χ0n) is 13.0. The first-order chi connectivity index (χ1) is 11.7. The molecule has 0 spiro atoms. The van der Waals surface area contributed by atoms with Crippen LogP contribution in [0.15, 0.2) is 60.0 Å². The summed E-state index contributed by atoms with van der Waals surface area (Å²) in [6.45, 7) is 2.15. The van der Waals surface area contributed by atoms with E-state index < -0.39 is 0 Å². The van der Waals surface area contributed by atoms with Crippen LogP contribution in [0.4, 0.5) is 0 Å². The highest BCUT2D eigenvalue weighted by molar-refractivity contribution is 7.09. The van der Waals surface area contributed by atoms with Crippen molar-refractivity contribution in [1.82, 2.24) is 5.32 Å². The molecular weight excluding hydrogens is 361 g/mol. The topological polar surface area (TPSA) is 21.3 Å². The Kier molecular flexibility index (Phi) is 6.16. The average molecular weight is 378 g/mol. The number of ether oxygens (including phenoxy) is 1. The molecule has 3 rings (SSSR count). The standard InChI is InChI=1S/C19H17Cl2NOS/c20-18-7-6-15(10-19(18)21)13-23-16-4-1-3-14(9-16)11-22-12-17-5-2-8-24-17/h1-10,22H,11-13H2. The zero-order chi connectivity index (χ0) is 16.8. The van der Waals surface area contributed by atoms with Crippen molar-refractivity contribution in [3.05, 3.63) is 86.0 Å². The molecule has 0 saturated heterocycles. The van der Waals surface area contributed by atoms with Crippen LogP contribution < -0.4 is 10.1 Å². The molecule has 0 fully saturated rings. The normalized spacial score (nSPS) is 10.8.